The summed E-state index contributed by atoms with van der Waals surface area (Å²) in [6, 6.07) is 17.7. The molecule has 220 valence electrons. The minimum absolute atomic E-state index is 0.376. The highest BCUT2D eigenvalue weighted by Gasteiger charge is 2.58. The lowest BCUT2D eigenvalue weighted by atomic mass is 9.65. The first-order valence-corrected chi connectivity index (χ1v) is 15.3. The van der Waals surface area contributed by atoms with E-state index in [0.29, 0.717) is 64.2 Å². The monoisotopic (exact) mass is 550 g/mol. The molecule has 0 aromatic heterocycles. The molecule has 0 bridgehead atoms. The lowest BCUT2D eigenvalue weighted by molar-refractivity contribution is -0.180. The van der Waals surface area contributed by atoms with Crippen molar-refractivity contribution in [3.05, 3.63) is 71.8 Å². The molecular formula is C34H50N2O4. The maximum Gasteiger partial charge on any atom is 0.239 e. The molecular weight excluding hydrogens is 500 g/mol. The minimum Gasteiger partial charge on any atom is -0.387 e. The molecule has 0 aliphatic heterocycles. The Balaban J connectivity index is 2.44. The number of primary amides is 1. The Morgan fingerprint density at radius 2 is 1.10 bits per heavy atom. The van der Waals surface area contributed by atoms with Crippen molar-refractivity contribution in [1.82, 2.24) is 4.90 Å². The molecule has 6 nitrogen and oxygen atoms in total. The Morgan fingerprint density at radius 3 is 1.35 bits per heavy atom. The van der Waals surface area contributed by atoms with Crippen molar-refractivity contribution in [2.24, 2.45) is 11.1 Å². The first-order chi connectivity index (χ1) is 19.1. The maximum atomic E-state index is 15.0. The summed E-state index contributed by atoms with van der Waals surface area (Å²) >= 11 is 0. The van der Waals surface area contributed by atoms with Crippen LogP contribution < -0.4 is 5.73 Å². The van der Waals surface area contributed by atoms with Crippen molar-refractivity contribution in [1.29, 1.82) is 0 Å². The second-order valence-corrected chi connectivity index (χ2v) is 11.8. The average molecular weight is 551 g/mol. The van der Waals surface area contributed by atoms with E-state index in [-0.39, 0.29) is 5.91 Å². The van der Waals surface area contributed by atoms with Gasteiger partial charge < -0.3 is 20.8 Å². The van der Waals surface area contributed by atoms with E-state index in [2.05, 4.69) is 0 Å². The molecule has 2 atom stereocenters. The molecule has 0 radical (unpaired) electrons. The summed E-state index contributed by atoms with van der Waals surface area (Å²) in [6.07, 6.45) is 6.22. The van der Waals surface area contributed by atoms with Gasteiger partial charge in [0, 0.05) is 0 Å². The molecule has 2 amide bonds. The quantitative estimate of drug-likeness (QED) is 0.204. The van der Waals surface area contributed by atoms with Crippen LogP contribution in [0.4, 0.5) is 0 Å². The summed E-state index contributed by atoms with van der Waals surface area (Å²) in [5, 5.41) is 25.1. The molecule has 1 aliphatic rings. The zero-order chi connectivity index (χ0) is 29.4. The number of aliphatic hydroxyl groups is 2. The topological polar surface area (TPSA) is 104 Å². The summed E-state index contributed by atoms with van der Waals surface area (Å²) in [6.45, 7) is 8.13. The van der Waals surface area contributed by atoms with Gasteiger partial charge in [0.1, 0.15) is 5.41 Å². The highest BCUT2D eigenvalue weighted by atomic mass is 16.3. The average Bonchev–Trinajstić information content (AvgIpc) is 2.89. The highest BCUT2D eigenvalue weighted by molar-refractivity contribution is 6.05. The molecule has 2 aromatic rings. The van der Waals surface area contributed by atoms with Crippen LogP contribution in [0, 0.1) is 5.41 Å². The number of hydrogen-bond acceptors (Lipinski definition) is 4. The zero-order valence-corrected chi connectivity index (χ0v) is 24.9. The molecule has 1 fully saturated rings. The zero-order valence-electron chi connectivity index (χ0n) is 24.9. The molecule has 0 heterocycles. The standard InChI is InChI=1S/C34H50N2O4/c1-5-20-33(39,21-6-2)28(26-16-11-9-12-17-26)36(31(38)32(30(35)37)24-15-25-32)29(27-18-13-10-14-19-27)34(40,22-7-3)23-8-4/h9-14,16-19,28-29,39-40H,5-8,15,20-25H2,1-4H3,(H2,35,37)/t28-,29-/m1/s1. The Morgan fingerprint density at radius 1 is 0.750 bits per heavy atom. The van der Waals surface area contributed by atoms with E-state index >= 15 is 4.79 Å². The maximum absolute atomic E-state index is 15.0. The van der Waals surface area contributed by atoms with Crippen molar-refractivity contribution in [2.75, 3.05) is 0 Å². The van der Waals surface area contributed by atoms with Crippen LogP contribution in [-0.2, 0) is 9.59 Å². The molecule has 6 heteroatoms. The third-order valence-electron chi connectivity index (χ3n) is 8.86. The summed E-state index contributed by atoms with van der Waals surface area (Å²) in [5.41, 5.74) is 3.65. The van der Waals surface area contributed by atoms with Gasteiger partial charge in [0.05, 0.1) is 23.3 Å². The van der Waals surface area contributed by atoms with E-state index in [4.69, 9.17) is 5.73 Å². The number of hydrogen-bond donors (Lipinski definition) is 3. The van der Waals surface area contributed by atoms with Gasteiger partial charge in [0.25, 0.3) is 0 Å². The van der Waals surface area contributed by atoms with Crippen molar-refractivity contribution in [3.63, 3.8) is 0 Å². The summed E-state index contributed by atoms with van der Waals surface area (Å²) in [5.74, 6) is -1.01. The molecule has 1 aliphatic carbocycles. The number of benzene rings is 2. The van der Waals surface area contributed by atoms with Gasteiger partial charge in [-0.25, -0.2) is 0 Å². The lowest BCUT2D eigenvalue weighted by Gasteiger charge is -2.54. The Labute approximate surface area is 241 Å². The summed E-state index contributed by atoms with van der Waals surface area (Å²) < 4.78 is 0. The van der Waals surface area contributed by atoms with Gasteiger partial charge in [-0.2, -0.15) is 0 Å². The molecule has 2 aromatic carbocycles. The van der Waals surface area contributed by atoms with Crippen LogP contribution in [0.25, 0.3) is 0 Å². The Kier molecular flexibility index (Phi) is 11.0. The van der Waals surface area contributed by atoms with E-state index in [0.717, 1.165) is 17.5 Å². The van der Waals surface area contributed by atoms with Gasteiger partial charge in [-0.05, 0) is 49.7 Å². The second-order valence-electron chi connectivity index (χ2n) is 11.8. The first-order valence-electron chi connectivity index (χ1n) is 15.3. The SMILES string of the molecule is CCCC(O)(CCC)[C@@H](c1ccccc1)N(C(=O)C1(C(N)=O)CCC1)[C@H](c1ccccc1)C(O)(CCC)CCC. The minimum atomic E-state index is -1.35. The predicted molar refractivity (Wildman–Crippen MR) is 160 cm³/mol. The molecule has 0 saturated heterocycles. The van der Waals surface area contributed by atoms with Gasteiger partial charge in [-0.15, -0.1) is 0 Å². The third-order valence-corrected chi connectivity index (χ3v) is 8.86. The van der Waals surface area contributed by atoms with Crippen LogP contribution in [0.3, 0.4) is 0 Å². The van der Waals surface area contributed by atoms with Crippen LogP contribution in [0.15, 0.2) is 60.7 Å². The molecule has 40 heavy (non-hydrogen) atoms. The number of carbonyl (C=O) groups is 2. The van der Waals surface area contributed by atoms with Crippen molar-refractivity contribution in [3.8, 4) is 0 Å². The van der Waals surface area contributed by atoms with Crippen LogP contribution in [0.5, 0.6) is 0 Å². The van der Waals surface area contributed by atoms with Gasteiger partial charge in [0.15, 0.2) is 0 Å². The highest BCUT2D eigenvalue weighted by Crippen LogP contribution is 2.52. The third kappa shape index (κ3) is 6.28. The smallest absolute Gasteiger partial charge is 0.239 e. The largest absolute Gasteiger partial charge is 0.387 e. The van der Waals surface area contributed by atoms with Crippen molar-refractivity contribution in [2.45, 2.75) is 122 Å². The van der Waals surface area contributed by atoms with E-state index in [1.54, 1.807) is 4.90 Å². The fourth-order valence-corrected chi connectivity index (χ4v) is 6.99. The molecule has 0 spiro atoms. The Bertz CT molecular complexity index is 1010. The van der Waals surface area contributed by atoms with Gasteiger partial charge >= 0.3 is 0 Å². The van der Waals surface area contributed by atoms with E-state index in [1.165, 1.54) is 0 Å². The molecule has 0 unspecified atom stereocenters. The van der Waals surface area contributed by atoms with E-state index in [1.807, 2.05) is 88.4 Å². The van der Waals surface area contributed by atoms with E-state index < -0.39 is 34.6 Å². The number of nitrogens with zero attached hydrogens (tertiary/aromatic N) is 1. The van der Waals surface area contributed by atoms with Crippen LogP contribution in [0.2, 0.25) is 0 Å². The van der Waals surface area contributed by atoms with Crippen LogP contribution >= 0.6 is 0 Å². The number of amides is 2. The van der Waals surface area contributed by atoms with Gasteiger partial charge in [-0.3, -0.25) is 9.59 Å². The number of rotatable bonds is 16. The second kappa shape index (κ2) is 13.8. The first kappa shape index (κ1) is 31.8. The van der Waals surface area contributed by atoms with Gasteiger partial charge in [-0.1, -0.05) is 120 Å². The molecule has 1 saturated carbocycles. The summed E-state index contributed by atoms with van der Waals surface area (Å²) in [4.78, 5) is 29.8. The van der Waals surface area contributed by atoms with Crippen molar-refractivity contribution < 1.29 is 19.8 Å². The fraction of sp³-hybridized carbons (Fsp3) is 0.588. The molecule has 4 N–H and O–H groups in total. The van der Waals surface area contributed by atoms with E-state index in [9.17, 15) is 15.0 Å². The summed E-state index contributed by atoms with van der Waals surface area (Å²) in [7, 11) is 0. The lowest BCUT2D eigenvalue weighted by Crippen LogP contribution is -2.62. The number of nitrogens with two attached hydrogens (primary N) is 1. The van der Waals surface area contributed by atoms with Crippen LogP contribution in [-0.4, -0.2) is 38.1 Å². The Hall–Kier alpha value is -2.70. The molecule has 3 rings (SSSR count). The van der Waals surface area contributed by atoms with Gasteiger partial charge in [0.2, 0.25) is 11.8 Å². The predicted octanol–water partition coefficient (Wildman–Crippen LogP) is 6.62. The number of carbonyl (C=O) groups excluding carboxylic acids is 2. The normalized spacial score (nSPS) is 16.6. The van der Waals surface area contributed by atoms with Crippen LogP contribution in [0.1, 0.15) is 122 Å². The fourth-order valence-electron chi connectivity index (χ4n) is 6.99. The van der Waals surface area contributed by atoms with Crippen molar-refractivity contribution >= 4 is 11.8 Å².